The van der Waals surface area contributed by atoms with Gasteiger partial charge in [0.15, 0.2) is 5.17 Å². The summed E-state index contributed by atoms with van der Waals surface area (Å²) >= 11 is 3.44. The lowest BCUT2D eigenvalue weighted by Gasteiger charge is -2.07. The summed E-state index contributed by atoms with van der Waals surface area (Å²) < 4.78 is 6.97. The second kappa shape index (κ2) is 9.18. The number of carbonyl (C=O) groups excluding carboxylic acids is 2. The normalized spacial score (nSPS) is 15.0. The maximum atomic E-state index is 12.0. The minimum Gasteiger partial charge on any atom is -0.489 e. The van der Waals surface area contributed by atoms with Crippen LogP contribution in [0.1, 0.15) is 24.5 Å². The minimum absolute atomic E-state index is 0.162. The van der Waals surface area contributed by atoms with Crippen molar-refractivity contribution in [2.24, 2.45) is 4.99 Å². The average molecular weight is 492 g/mol. The minimum atomic E-state index is -0.342. The first-order chi connectivity index (χ1) is 13.0. The van der Waals surface area contributed by atoms with Gasteiger partial charge in [-0.05, 0) is 75.8 Å². The molecule has 2 aromatic rings. The Morgan fingerprint density at radius 2 is 2.04 bits per heavy atom. The number of halogens is 1. The van der Waals surface area contributed by atoms with Crippen molar-refractivity contribution >= 4 is 57.4 Å². The molecule has 1 N–H and O–H groups in total. The number of nitrogens with zero attached hydrogens (tertiary/aromatic N) is 1. The molecule has 27 heavy (non-hydrogen) atoms. The molecule has 0 aromatic heterocycles. The maximum Gasteiger partial charge on any atom is 0.286 e. The van der Waals surface area contributed by atoms with Gasteiger partial charge in [-0.25, -0.2) is 0 Å². The Labute approximate surface area is 175 Å². The fourth-order valence-corrected chi connectivity index (χ4v) is 3.71. The van der Waals surface area contributed by atoms with Crippen LogP contribution in [0.15, 0.2) is 58.4 Å². The smallest absolute Gasteiger partial charge is 0.286 e. The molecule has 0 fully saturated rings. The molecule has 0 saturated carbocycles. The van der Waals surface area contributed by atoms with Crippen molar-refractivity contribution < 1.29 is 14.3 Å². The van der Waals surface area contributed by atoms with Crippen LogP contribution in [0.4, 0.5) is 0 Å². The monoisotopic (exact) mass is 492 g/mol. The quantitative estimate of drug-likeness (QED) is 0.498. The number of thioether (sulfide) groups is 1. The van der Waals surface area contributed by atoms with E-state index in [1.54, 1.807) is 13.0 Å². The molecule has 0 aliphatic carbocycles. The van der Waals surface area contributed by atoms with E-state index in [9.17, 15) is 9.59 Å². The Kier molecular flexibility index (Phi) is 6.68. The lowest BCUT2D eigenvalue weighted by Crippen LogP contribution is -2.26. The SMILES string of the molecule is CCC(=O)NC1=NC(=O)C(=Cc2ccc(OCc3cccc(I)c3)cc2)S1. The molecule has 0 bridgehead atoms. The summed E-state index contributed by atoms with van der Waals surface area (Å²) in [6.45, 7) is 2.25. The second-order valence-corrected chi connectivity index (χ2v) is 8.00. The average Bonchev–Trinajstić information content (AvgIpc) is 3.00. The van der Waals surface area contributed by atoms with Gasteiger partial charge in [0, 0.05) is 9.99 Å². The first kappa shape index (κ1) is 19.6. The summed E-state index contributed by atoms with van der Waals surface area (Å²) in [5.41, 5.74) is 1.98. The van der Waals surface area contributed by atoms with Crippen LogP contribution in [0.25, 0.3) is 6.08 Å². The standard InChI is InChI=1S/C20H17IN2O3S/c1-2-18(24)22-20-23-19(25)17(27-20)11-13-6-8-16(9-7-13)26-12-14-4-3-5-15(21)10-14/h3-11H,2,12H2,1H3,(H,22,23,24,25). The van der Waals surface area contributed by atoms with Gasteiger partial charge in [0.2, 0.25) is 5.91 Å². The highest BCUT2D eigenvalue weighted by Crippen LogP contribution is 2.28. The largest absolute Gasteiger partial charge is 0.489 e. The van der Waals surface area contributed by atoms with E-state index in [0.29, 0.717) is 23.1 Å². The maximum absolute atomic E-state index is 12.0. The van der Waals surface area contributed by atoms with E-state index in [1.807, 2.05) is 42.5 Å². The highest BCUT2D eigenvalue weighted by atomic mass is 127. The third kappa shape index (κ3) is 5.67. The number of nitrogens with one attached hydrogen (secondary N) is 1. The molecule has 1 aliphatic heterocycles. The number of carbonyl (C=O) groups is 2. The number of hydrogen-bond acceptors (Lipinski definition) is 4. The molecule has 1 heterocycles. The van der Waals surface area contributed by atoms with E-state index >= 15 is 0 Å². The Morgan fingerprint density at radius 1 is 1.26 bits per heavy atom. The molecule has 5 nitrogen and oxygen atoms in total. The van der Waals surface area contributed by atoms with E-state index in [4.69, 9.17) is 4.74 Å². The van der Waals surface area contributed by atoms with Crippen molar-refractivity contribution in [2.45, 2.75) is 20.0 Å². The summed E-state index contributed by atoms with van der Waals surface area (Å²) in [6, 6.07) is 15.6. The fourth-order valence-electron chi connectivity index (χ4n) is 2.28. The molecular weight excluding hydrogens is 475 g/mol. The highest BCUT2D eigenvalue weighted by molar-refractivity contribution is 14.1. The van der Waals surface area contributed by atoms with Gasteiger partial charge in [-0.2, -0.15) is 4.99 Å². The third-order valence-corrected chi connectivity index (χ3v) is 5.23. The molecular formula is C20H17IN2O3S. The van der Waals surface area contributed by atoms with Crippen LogP contribution in [0.5, 0.6) is 5.75 Å². The van der Waals surface area contributed by atoms with E-state index in [2.05, 4.69) is 39.0 Å². The topological polar surface area (TPSA) is 67.8 Å². The molecule has 138 valence electrons. The molecule has 1 aliphatic rings. The van der Waals surface area contributed by atoms with E-state index in [1.165, 1.54) is 15.3 Å². The zero-order valence-electron chi connectivity index (χ0n) is 14.6. The van der Waals surface area contributed by atoms with Crippen molar-refractivity contribution in [2.75, 3.05) is 0 Å². The molecule has 7 heteroatoms. The van der Waals surface area contributed by atoms with Crippen molar-refractivity contribution in [1.82, 2.24) is 5.32 Å². The van der Waals surface area contributed by atoms with Gasteiger partial charge < -0.3 is 10.1 Å². The number of aliphatic imine (C=N–C) groups is 1. The number of ether oxygens (including phenoxy) is 1. The third-order valence-electron chi connectivity index (χ3n) is 3.66. The predicted molar refractivity (Wildman–Crippen MR) is 116 cm³/mol. The zero-order valence-corrected chi connectivity index (χ0v) is 17.5. The second-order valence-electron chi connectivity index (χ2n) is 5.72. The number of rotatable bonds is 5. The number of hydrogen-bond donors (Lipinski definition) is 1. The molecule has 2 amide bonds. The van der Waals surface area contributed by atoms with E-state index < -0.39 is 0 Å². The molecule has 0 atom stereocenters. The molecule has 0 radical (unpaired) electrons. The summed E-state index contributed by atoms with van der Waals surface area (Å²) in [5.74, 6) is 0.254. The van der Waals surface area contributed by atoms with Crippen LogP contribution >= 0.6 is 34.4 Å². The van der Waals surface area contributed by atoms with Gasteiger partial charge in [-0.1, -0.05) is 31.2 Å². The first-order valence-electron chi connectivity index (χ1n) is 8.33. The van der Waals surface area contributed by atoms with Crippen LogP contribution in [0.3, 0.4) is 0 Å². The zero-order chi connectivity index (χ0) is 19.2. The Balaban J connectivity index is 1.60. The van der Waals surface area contributed by atoms with Gasteiger partial charge in [0.05, 0.1) is 4.91 Å². The van der Waals surface area contributed by atoms with Crippen molar-refractivity contribution in [1.29, 1.82) is 0 Å². The Morgan fingerprint density at radius 3 is 2.74 bits per heavy atom. The lowest BCUT2D eigenvalue weighted by molar-refractivity contribution is -0.119. The van der Waals surface area contributed by atoms with Gasteiger partial charge in [0.25, 0.3) is 5.91 Å². The van der Waals surface area contributed by atoms with Crippen LogP contribution in [-0.2, 0) is 16.2 Å². The summed E-state index contributed by atoms with van der Waals surface area (Å²) in [6.07, 6.45) is 2.10. The van der Waals surface area contributed by atoms with Gasteiger partial charge in [0.1, 0.15) is 12.4 Å². The van der Waals surface area contributed by atoms with E-state index in [0.717, 1.165) is 16.9 Å². The number of amides is 2. The van der Waals surface area contributed by atoms with Crippen molar-refractivity contribution in [3.8, 4) is 5.75 Å². The van der Waals surface area contributed by atoms with Gasteiger partial charge >= 0.3 is 0 Å². The molecule has 0 spiro atoms. The van der Waals surface area contributed by atoms with Crippen molar-refractivity contribution in [3.05, 3.63) is 68.1 Å². The molecule has 2 aromatic carbocycles. The fraction of sp³-hybridized carbons (Fsp3) is 0.150. The predicted octanol–water partition coefficient (Wildman–Crippen LogP) is 4.37. The van der Waals surface area contributed by atoms with Crippen molar-refractivity contribution in [3.63, 3.8) is 0 Å². The van der Waals surface area contributed by atoms with Crippen LogP contribution in [-0.4, -0.2) is 17.0 Å². The summed E-state index contributed by atoms with van der Waals surface area (Å²) in [5, 5.41) is 2.94. The Hall–Kier alpha value is -2.13. The summed E-state index contributed by atoms with van der Waals surface area (Å²) in [7, 11) is 0. The number of amidine groups is 1. The molecule has 3 rings (SSSR count). The Bertz CT molecular complexity index is 923. The lowest BCUT2D eigenvalue weighted by atomic mass is 10.2. The summed E-state index contributed by atoms with van der Waals surface area (Å²) in [4.78, 5) is 27.7. The first-order valence-corrected chi connectivity index (χ1v) is 10.2. The molecule has 0 saturated heterocycles. The van der Waals surface area contributed by atoms with Gasteiger partial charge in [-0.15, -0.1) is 0 Å². The van der Waals surface area contributed by atoms with E-state index in [-0.39, 0.29) is 11.8 Å². The highest BCUT2D eigenvalue weighted by Gasteiger charge is 2.22. The number of benzene rings is 2. The van der Waals surface area contributed by atoms with Gasteiger partial charge in [-0.3, -0.25) is 9.59 Å². The van der Waals surface area contributed by atoms with Crippen LogP contribution in [0.2, 0.25) is 0 Å². The van der Waals surface area contributed by atoms with Crippen LogP contribution in [0, 0.1) is 3.57 Å². The molecule has 0 unspecified atom stereocenters. The van der Waals surface area contributed by atoms with Crippen LogP contribution < -0.4 is 10.1 Å².